The maximum atomic E-state index is 12.0. The molecule has 0 aliphatic carbocycles. The summed E-state index contributed by atoms with van der Waals surface area (Å²) in [5.41, 5.74) is 0.180. The number of carbonyl (C=O) groups excluding carboxylic acids is 1. The van der Waals surface area contributed by atoms with Gasteiger partial charge in [0.2, 0.25) is 11.8 Å². The summed E-state index contributed by atoms with van der Waals surface area (Å²) in [6.07, 6.45) is 2.32. The number of nitrogens with zero attached hydrogens (tertiary/aromatic N) is 4. The van der Waals surface area contributed by atoms with Crippen molar-refractivity contribution in [2.75, 3.05) is 6.79 Å². The minimum Gasteiger partial charge on any atom is -0.455 e. The smallest absolute Gasteiger partial charge is 0.331 e. The highest BCUT2D eigenvalue weighted by atomic mass is 32.1. The Morgan fingerprint density at radius 1 is 1.38 bits per heavy atom. The third kappa shape index (κ3) is 3.78. The van der Waals surface area contributed by atoms with Crippen LogP contribution in [-0.4, -0.2) is 32.3 Å². The normalized spacial score (nSPS) is 12.6. The number of aromatic nitrogens is 3. The van der Waals surface area contributed by atoms with Crippen LogP contribution in [0.15, 0.2) is 29.1 Å². The highest BCUT2D eigenvalue weighted by Gasteiger charge is 2.22. The number of aryl methyl sites for hydroxylation is 1. The number of hydrogen-bond acceptors (Lipinski definition) is 10. The van der Waals surface area contributed by atoms with Gasteiger partial charge in [-0.05, 0) is 19.1 Å². The molecule has 1 aromatic carbocycles. The zero-order chi connectivity index (χ0) is 20.5. The van der Waals surface area contributed by atoms with E-state index < -0.39 is 10.9 Å². The van der Waals surface area contributed by atoms with Crippen LogP contribution >= 0.6 is 11.3 Å². The Bertz CT molecular complexity index is 1230. The van der Waals surface area contributed by atoms with Gasteiger partial charge >= 0.3 is 5.97 Å². The highest BCUT2D eigenvalue weighted by Crippen LogP contribution is 2.38. The van der Waals surface area contributed by atoms with Gasteiger partial charge in [-0.3, -0.25) is 14.9 Å². The van der Waals surface area contributed by atoms with Gasteiger partial charge in [0, 0.05) is 17.8 Å². The van der Waals surface area contributed by atoms with Crippen molar-refractivity contribution in [2.45, 2.75) is 13.5 Å². The lowest BCUT2D eigenvalue weighted by Crippen LogP contribution is -2.14. The number of ether oxygens (including phenoxy) is 3. The molecule has 12 heteroatoms. The Labute approximate surface area is 165 Å². The first-order valence-corrected chi connectivity index (χ1v) is 9.01. The molecular weight excluding hydrogens is 404 g/mol. The Hall–Kier alpha value is -3.80. The van der Waals surface area contributed by atoms with Crippen molar-refractivity contribution < 1.29 is 23.9 Å². The largest absolute Gasteiger partial charge is 0.455 e. The average Bonchev–Trinajstić information content (AvgIpc) is 3.29. The van der Waals surface area contributed by atoms with E-state index in [9.17, 15) is 19.7 Å². The summed E-state index contributed by atoms with van der Waals surface area (Å²) >= 11 is 1.12. The molecule has 148 valence electrons. The first-order chi connectivity index (χ1) is 13.9. The molecule has 0 atom stereocenters. The van der Waals surface area contributed by atoms with Crippen LogP contribution in [0.3, 0.4) is 0 Å². The standard InChI is InChI=1S/C17H12N4O7S/c1-9-4-15(22)20-17(18-9)29-14(19-20)7-26-16(23)3-2-10-5-12-13(28-8-27-12)6-11(10)21(24)25/h2-6H,7-8H2,1H3/b3-2+. The van der Waals surface area contributed by atoms with Crippen LogP contribution < -0.4 is 15.0 Å². The van der Waals surface area contributed by atoms with Crippen molar-refractivity contribution in [3.63, 3.8) is 0 Å². The van der Waals surface area contributed by atoms with Gasteiger partial charge < -0.3 is 14.2 Å². The maximum absolute atomic E-state index is 12.0. The molecule has 0 N–H and O–H groups in total. The molecule has 1 aliphatic heterocycles. The molecule has 0 saturated heterocycles. The molecule has 0 radical (unpaired) electrons. The number of nitro groups is 1. The first-order valence-electron chi connectivity index (χ1n) is 8.20. The van der Waals surface area contributed by atoms with Crippen molar-refractivity contribution in [1.29, 1.82) is 0 Å². The van der Waals surface area contributed by atoms with Crippen molar-refractivity contribution in [3.8, 4) is 11.5 Å². The second-order valence-corrected chi connectivity index (χ2v) is 6.93. The Morgan fingerprint density at radius 2 is 2.14 bits per heavy atom. The van der Waals surface area contributed by atoms with Gasteiger partial charge in [0.15, 0.2) is 16.5 Å². The fourth-order valence-corrected chi connectivity index (χ4v) is 3.45. The van der Waals surface area contributed by atoms with E-state index in [1.54, 1.807) is 6.92 Å². The second kappa shape index (κ2) is 7.31. The van der Waals surface area contributed by atoms with Crippen molar-refractivity contribution in [2.24, 2.45) is 0 Å². The lowest BCUT2D eigenvalue weighted by Gasteiger charge is -2.01. The number of carbonyl (C=O) groups is 1. The molecule has 1 aliphatic rings. The summed E-state index contributed by atoms with van der Waals surface area (Å²) in [5, 5.41) is 15.7. The van der Waals surface area contributed by atoms with Gasteiger partial charge in [-0.1, -0.05) is 11.3 Å². The van der Waals surface area contributed by atoms with Gasteiger partial charge in [0.25, 0.3) is 11.2 Å². The van der Waals surface area contributed by atoms with Crippen LogP contribution in [0.5, 0.6) is 11.5 Å². The molecule has 0 unspecified atom stereocenters. The quantitative estimate of drug-likeness (QED) is 0.264. The van der Waals surface area contributed by atoms with Crippen LogP contribution in [0.2, 0.25) is 0 Å². The van der Waals surface area contributed by atoms with Crippen LogP contribution in [0.1, 0.15) is 16.3 Å². The molecule has 0 spiro atoms. The molecule has 0 saturated carbocycles. The molecule has 0 bridgehead atoms. The summed E-state index contributed by atoms with van der Waals surface area (Å²) in [5.74, 6) is -0.106. The van der Waals surface area contributed by atoms with E-state index >= 15 is 0 Å². The number of fused-ring (bicyclic) bond motifs is 2. The van der Waals surface area contributed by atoms with Crippen molar-refractivity contribution >= 4 is 34.0 Å². The van der Waals surface area contributed by atoms with Crippen LogP contribution in [-0.2, 0) is 16.1 Å². The molecule has 2 aromatic heterocycles. The van der Waals surface area contributed by atoms with E-state index in [1.807, 2.05) is 0 Å². The molecular formula is C17H12N4O7S. The monoisotopic (exact) mass is 416 g/mol. The lowest BCUT2D eigenvalue weighted by atomic mass is 10.1. The topological polar surface area (TPSA) is 135 Å². The Morgan fingerprint density at radius 3 is 2.90 bits per heavy atom. The number of nitro benzene ring substituents is 1. The Kier molecular flexibility index (Phi) is 4.68. The minimum absolute atomic E-state index is 0.0265. The predicted molar refractivity (Wildman–Crippen MR) is 99.9 cm³/mol. The van der Waals surface area contributed by atoms with Crippen molar-refractivity contribution in [3.05, 3.63) is 61.0 Å². The van der Waals surface area contributed by atoms with Crippen LogP contribution in [0, 0.1) is 17.0 Å². The SMILES string of the molecule is Cc1cc(=O)n2nc(COC(=O)/C=C/c3cc4c(cc3[N+](=O)[O-])OCO4)sc2n1. The van der Waals surface area contributed by atoms with E-state index in [0.717, 1.165) is 21.9 Å². The summed E-state index contributed by atoms with van der Waals surface area (Å²) in [7, 11) is 0. The molecule has 4 rings (SSSR count). The second-order valence-electron chi connectivity index (χ2n) is 5.89. The molecule has 0 amide bonds. The predicted octanol–water partition coefficient (Wildman–Crippen LogP) is 1.85. The lowest BCUT2D eigenvalue weighted by molar-refractivity contribution is -0.385. The fourth-order valence-electron chi connectivity index (χ4n) is 2.60. The zero-order valence-corrected chi connectivity index (χ0v) is 15.7. The van der Waals surface area contributed by atoms with E-state index in [4.69, 9.17) is 14.2 Å². The highest BCUT2D eigenvalue weighted by molar-refractivity contribution is 7.16. The summed E-state index contributed by atoms with van der Waals surface area (Å²) in [6.45, 7) is 1.50. The van der Waals surface area contributed by atoms with Crippen LogP contribution in [0.4, 0.5) is 5.69 Å². The van der Waals surface area contributed by atoms with Gasteiger partial charge in [0.05, 0.1) is 16.6 Å². The first kappa shape index (κ1) is 18.6. The average molecular weight is 416 g/mol. The maximum Gasteiger partial charge on any atom is 0.331 e. The molecule has 3 heterocycles. The number of benzene rings is 1. The summed E-state index contributed by atoms with van der Waals surface area (Å²) < 4.78 is 16.5. The van der Waals surface area contributed by atoms with Gasteiger partial charge in [-0.15, -0.1) is 0 Å². The molecule has 11 nitrogen and oxygen atoms in total. The molecule has 3 aromatic rings. The number of rotatable bonds is 5. The number of hydrogen-bond donors (Lipinski definition) is 0. The van der Waals surface area contributed by atoms with E-state index in [1.165, 1.54) is 24.3 Å². The molecule has 29 heavy (non-hydrogen) atoms. The Balaban J connectivity index is 1.48. The van der Waals surface area contributed by atoms with E-state index in [-0.39, 0.29) is 36.0 Å². The van der Waals surface area contributed by atoms with Crippen LogP contribution in [0.25, 0.3) is 11.0 Å². The van der Waals surface area contributed by atoms with Crippen molar-refractivity contribution in [1.82, 2.24) is 14.6 Å². The number of esters is 1. The summed E-state index contributed by atoms with van der Waals surface area (Å²) in [6, 6.07) is 4.00. The van der Waals surface area contributed by atoms with Gasteiger partial charge in [-0.25, -0.2) is 9.78 Å². The zero-order valence-electron chi connectivity index (χ0n) is 14.9. The molecule has 0 fully saturated rings. The fraction of sp³-hybridized carbons (Fsp3) is 0.176. The van der Waals surface area contributed by atoms with E-state index in [0.29, 0.717) is 21.4 Å². The van der Waals surface area contributed by atoms with Gasteiger partial charge in [0.1, 0.15) is 6.61 Å². The minimum atomic E-state index is -0.729. The third-order valence-electron chi connectivity index (χ3n) is 3.87. The van der Waals surface area contributed by atoms with E-state index in [2.05, 4.69) is 10.1 Å². The summed E-state index contributed by atoms with van der Waals surface area (Å²) in [4.78, 5) is 39.1. The van der Waals surface area contributed by atoms with Gasteiger partial charge in [-0.2, -0.15) is 9.61 Å². The third-order valence-corrected chi connectivity index (χ3v) is 4.75.